The number of aromatic nitrogens is 1. The molecule has 4 rings (SSSR count). The van der Waals surface area contributed by atoms with Crippen molar-refractivity contribution in [3.63, 3.8) is 0 Å². The van der Waals surface area contributed by atoms with Gasteiger partial charge in [0.25, 0.3) is 11.8 Å². The van der Waals surface area contributed by atoms with E-state index in [-0.39, 0.29) is 5.56 Å². The van der Waals surface area contributed by atoms with Gasteiger partial charge in [-0.2, -0.15) is 5.26 Å². The first kappa shape index (κ1) is 25.7. The van der Waals surface area contributed by atoms with Gasteiger partial charge < -0.3 is 10.2 Å². The van der Waals surface area contributed by atoms with Crippen LogP contribution in [0, 0.1) is 11.3 Å². The highest BCUT2D eigenvalue weighted by Gasteiger charge is 2.60. The van der Waals surface area contributed by atoms with Crippen LogP contribution in [0.25, 0.3) is 12.2 Å². The summed E-state index contributed by atoms with van der Waals surface area (Å²) in [5, 5.41) is 13.1. The Bertz CT molecular complexity index is 1190. The number of carbonyl (C=O) groups is 2. The van der Waals surface area contributed by atoms with Crippen LogP contribution >= 0.6 is 11.6 Å². The van der Waals surface area contributed by atoms with Gasteiger partial charge in [-0.25, -0.2) is 8.78 Å². The number of nitriles is 1. The molecule has 7 nitrogen and oxygen atoms in total. The van der Waals surface area contributed by atoms with E-state index in [1.807, 2.05) is 18.2 Å². The molecule has 1 aromatic carbocycles. The molecule has 0 bridgehead atoms. The molecule has 2 amide bonds. The predicted molar refractivity (Wildman–Crippen MR) is 132 cm³/mol. The topological polar surface area (TPSA) is 89.3 Å². The van der Waals surface area contributed by atoms with E-state index in [9.17, 15) is 23.6 Å². The fraction of sp³-hybridized carbons (Fsp3) is 0.385. The van der Waals surface area contributed by atoms with E-state index in [0.29, 0.717) is 23.7 Å². The number of hydrogen-bond donors (Lipinski definition) is 1. The summed E-state index contributed by atoms with van der Waals surface area (Å²) in [5.41, 5.74) is -0.0537. The first-order valence-electron chi connectivity index (χ1n) is 11.7. The van der Waals surface area contributed by atoms with Gasteiger partial charge in [0, 0.05) is 41.6 Å². The van der Waals surface area contributed by atoms with Crippen LogP contribution in [-0.4, -0.2) is 64.4 Å². The number of likely N-dealkylation sites (tertiary alicyclic amines) is 2. The molecule has 2 saturated heterocycles. The zero-order chi connectivity index (χ0) is 25.8. The SMILES string of the molecule is N#C[C@]1(N2CCCCC2)CC(F)(F)CN1C(=O)CNC(=O)c1ccncc1/C=C/c1ccc(Cl)cc1. The Hall–Kier alpha value is -3.35. The molecule has 3 heterocycles. The molecule has 36 heavy (non-hydrogen) atoms. The lowest BCUT2D eigenvalue weighted by Crippen LogP contribution is -2.60. The molecule has 0 saturated carbocycles. The van der Waals surface area contributed by atoms with Gasteiger partial charge >= 0.3 is 0 Å². The van der Waals surface area contributed by atoms with E-state index in [0.717, 1.165) is 29.7 Å². The number of alkyl halides is 2. The molecule has 188 valence electrons. The molecule has 2 aliphatic rings. The Morgan fingerprint density at radius 1 is 1.14 bits per heavy atom. The van der Waals surface area contributed by atoms with Crippen LogP contribution in [-0.2, 0) is 4.79 Å². The van der Waals surface area contributed by atoms with Crippen LogP contribution < -0.4 is 5.32 Å². The number of halogens is 3. The van der Waals surface area contributed by atoms with Gasteiger partial charge in [0.1, 0.15) is 6.07 Å². The predicted octanol–water partition coefficient (Wildman–Crippen LogP) is 4.21. The summed E-state index contributed by atoms with van der Waals surface area (Å²) in [5.74, 6) is -4.45. The van der Waals surface area contributed by atoms with E-state index in [4.69, 9.17) is 11.6 Å². The smallest absolute Gasteiger partial charge is 0.270 e. The third kappa shape index (κ3) is 5.55. The minimum absolute atomic E-state index is 0.275. The molecule has 0 unspecified atom stereocenters. The van der Waals surface area contributed by atoms with Crippen molar-refractivity contribution >= 4 is 35.6 Å². The third-order valence-electron chi connectivity index (χ3n) is 6.52. The summed E-state index contributed by atoms with van der Waals surface area (Å²) < 4.78 is 28.9. The van der Waals surface area contributed by atoms with E-state index in [1.165, 1.54) is 18.5 Å². The van der Waals surface area contributed by atoms with Crippen LogP contribution in [0.1, 0.15) is 47.2 Å². The lowest BCUT2D eigenvalue weighted by atomic mass is 10.0. The molecule has 1 atom stereocenters. The van der Waals surface area contributed by atoms with Crippen molar-refractivity contribution in [3.8, 4) is 6.07 Å². The largest absolute Gasteiger partial charge is 0.343 e. The minimum atomic E-state index is -3.18. The minimum Gasteiger partial charge on any atom is -0.343 e. The zero-order valence-electron chi connectivity index (χ0n) is 19.6. The second kappa shape index (κ2) is 10.7. The Labute approximate surface area is 213 Å². The van der Waals surface area contributed by atoms with Crippen LogP contribution in [0.4, 0.5) is 8.78 Å². The maximum absolute atomic E-state index is 14.5. The van der Waals surface area contributed by atoms with Crippen molar-refractivity contribution < 1.29 is 18.4 Å². The normalized spacial score (nSPS) is 21.9. The zero-order valence-corrected chi connectivity index (χ0v) is 20.3. The number of rotatable bonds is 6. The summed E-state index contributed by atoms with van der Waals surface area (Å²) in [6, 6.07) is 10.7. The summed E-state index contributed by atoms with van der Waals surface area (Å²) in [6.07, 6.45) is 8.26. The number of nitrogens with zero attached hydrogens (tertiary/aromatic N) is 4. The average Bonchev–Trinajstić information content (AvgIpc) is 3.19. The lowest BCUT2D eigenvalue weighted by molar-refractivity contribution is -0.139. The molecule has 2 aromatic rings. The Kier molecular flexibility index (Phi) is 7.67. The Balaban J connectivity index is 1.47. The molecule has 0 spiro atoms. The van der Waals surface area contributed by atoms with Gasteiger partial charge in [-0.15, -0.1) is 0 Å². The molecule has 1 N–H and O–H groups in total. The van der Waals surface area contributed by atoms with E-state index in [1.54, 1.807) is 29.2 Å². The van der Waals surface area contributed by atoms with Crippen molar-refractivity contribution in [2.45, 2.75) is 37.3 Å². The van der Waals surface area contributed by atoms with Crippen molar-refractivity contribution in [1.82, 2.24) is 20.1 Å². The lowest BCUT2D eigenvalue weighted by Gasteiger charge is -2.43. The molecule has 0 radical (unpaired) electrons. The number of carbonyl (C=O) groups excluding carboxylic acids is 2. The van der Waals surface area contributed by atoms with Gasteiger partial charge in [-0.3, -0.25) is 19.5 Å². The number of pyridine rings is 1. The molecule has 0 aliphatic carbocycles. The molecular weight excluding hydrogens is 488 g/mol. The van der Waals surface area contributed by atoms with Gasteiger partial charge in [0.15, 0.2) is 5.66 Å². The Morgan fingerprint density at radius 3 is 2.56 bits per heavy atom. The fourth-order valence-corrected chi connectivity index (χ4v) is 4.86. The third-order valence-corrected chi connectivity index (χ3v) is 6.77. The maximum Gasteiger partial charge on any atom is 0.270 e. The van der Waals surface area contributed by atoms with Crippen LogP contribution in [0.5, 0.6) is 0 Å². The van der Waals surface area contributed by atoms with Gasteiger partial charge in [-0.05, 0) is 36.6 Å². The van der Waals surface area contributed by atoms with E-state index < -0.39 is 42.9 Å². The molecule has 1 aromatic heterocycles. The van der Waals surface area contributed by atoms with Crippen LogP contribution in [0.3, 0.4) is 0 Å². The number of amides is 2. The first-order valence-corrected chi connectivity index (χ1v) is 12.1. The van der Waals surface area contributed by atoms with Crippen molar-refractivity contribution in [2.75, 3.05) is 26.2 Å². The highest BCUT2D eigenvalue weighted by atomic mass is 35.5. The molecule has 10 heteroatoms. The standard InChI is InChI=1S/C26H26ClF2N5O2/c27-21-8-5-19(6-9-21)4-7-20-14-31-11-10-22(20)24(36)32-15-23(35)34-18-25(28,29)16-26(34,17-30)33-12-2-1-3-13-33/h4-11,14H,1-3,12-13,15-16,18H2,(H,32,36)/b7-4+/t26-/m0/s1. The Morgan fingerprint density at radius 2 is 1.86 bits per heavy atom. The number of nitrogens with one attached hydrogen (secondary N) is 1. The number of piperidine rings is 1. The van der Waals surface area contributed by atoms with Crippen LogP contribution in [0.2, 0.25) is 5.02 Å². The second-order valence-electron chi connectivity index (χ2n) is 9.02. The van der Waals surface area contributed by atoms with Gasteiger partial charge in [-0.1, -0.05) is 42.3 Å². The highest BCUT2D eigenvalue weighted by Crippen LogP contribution is 2.42. The second-order valence-corrected chi connectivity index (χ2v) is 9.46. The number of benzene rings is 1. The summed E-state index contributed by atoms with van der Waals surface area (Å²) in [4.78, 5) is 32.7. The van der Waals surface area contributed by atoms with Crippen molar-refractivity contribution in [3.05, 3.63) is 64.4 Å². The molecule has 2 aliphatic heterocycles. The van der Waals surface area contributed by atoms with Gasteiger partial charge in [0.2, 0.25) is 5.91 Å². The fourth-order valence-electron chi connectivity index (χ4n) is 4.74. The summed E-state index contributed by atoms with van der Waals surface area (Å²) >= 11 is 5.91. The van der Waals surface area contributed by atoms with E-state index in [2.05, 4.69) is 10.3 Å². The number of hydrogen-bond acceptors (Lipinski definition) is 5. The monoisotopic (exact) mass is 513 g/mol. The first-order chi connectivity index (χ1) is 17.2. The average molecular weight is 514 g/mol. The van der Waals surface area contributed by atoms with Crippen molar-refractivity contribution in [2.24, 2.45) is 0 Å². The maximum atomic E-state index is 14.5. The summed E-state index contributed by atoms with van der Waals surface area (Å²) in [6.45, 7) is -0.412. The van der Waals surface area contributed by atoms with E-state index >= 15 is 0 Å². The van der Waals surface area contributed by atoms with Crippen molar-refractivity contribution in [1.29, 1.82) is 5.26 Å². The molecular formula is C26H26ClF2N5O2. The van der Waals surface area contributed by atoms with Crippen LogP contribution in [0.15, 0.2) is 42.7 Å². The molecule has 2 fully saturated rings. The quantitative estimate of drug-likeness (QED) is 0.625. The van der Waals surface area contributed by atoms with Gasteiger partial charge in [0.05, 0.1) is 19.5 Å². The summed E-state index contributed by atoms with van der Waals surface area (Å²) in [7, 11) is 0. The highest BCUT2D eigenvalue weighted by molar-refractivity contribution is 6.30.